The summed E-state index contributed by atoms with van der Waals surface area (Å²) in [5, 5.41) is 12.5. The standard InChI is InChI=1S/C13H6Br2F6N2O2S.C9H7NO.Cu/c1-4-22-10(12(16,17)18)9(26-4)11(24)23-8-6(14)2-5(3-7(8)15)25-13(19,20)21;11-8-5-1-3-7-4-2-6-10-9(7)8;/h2-3H,1H3,(H,23,24);1-6,11H;. The van der Waals surface area contributed by atoms with E-state index < -0.39 is 34.8 Å². The van der Waals surface area contributed by atoms with E-state index in [9.17, 15) is 36.2 Å². The zero-order valence-corrected chi connectivity index (χ0v) is 23.4. The molecule has 2 aromatic heterocycles. The number of phenols is 1. The smallest absolute Gasteiger partial charge is 0.506 e. The number of thiazole rings is 1. The number of amides is 1. The average molecular weight is 737 g/mol. The van der Waals surface area contributed by atoms with Crippen LogP contribution in [0.4, 0.5) is 32.0 Å². The average Bonchev–Trinajstić information content (AvgIpc) is 3.18. The number of pyridine rings is 1. The fourth-order valence-corrected chi connectivity index (χ4v) is 5.07. The predicted octanol–water partition coefficient (Wildman–Crippen LogP) is 8.08. The molecular weight excluding hydrogens is 724 g/mol. The Labute approximate surface area is 242 Å². The molecule has 0 saturated heterocycles. The van der Waals surface area contributed by atoms with Gasteiger partial charge in [0.25, 0.3) is 5.91 Å². The number of hydrogen-bond acceptors (Lipinski definition) is 6. The molecule has 0 saturated carbocycles. The van der Waals surface area contributed by atoms with Crippen LogP contribution in [-0.4, -0.2) is 27.3 Å². The maximum Gasteiger partial charge on any atom is 0.573 e. The summed E-state index contributed by atoms with van der Waals surface area (Å²) in [5.74, 6) is -1.45. The summed E-state index contributed by atoms with van der Waals surface area (Å²) in [5.41, 5.74) is -0.736. The third-order valence-electron chi connectivity index (χ3n) is 4.31. The minimum atomic E-state index is -4.93. The number of aromatic nitrogens is 2. The molecule has 16 heteroatoms. The molecule has 1 radical (unpaired) electrons. The molecule has 0 atom stereocenters. The van der Waals surface area contributed by atoms with Gasteiger partial charge < -0.3 is 15.2 Å². The molecule has 6 nitrogen and oxygen atoms in total. The van der Waals surface area contributed by atoms with Crippen LogP contribution in [0.1, 0.15) is 20.4 Å². The second-order valence-electron chi connectivity index (χ2n) is 7.02. The molecule has 2 heterocycles. The van der Waals surface area contributed by atoms with Crippen molar-refractivity contribution in [2.45, 2.75) is 19.5 Å². The van der Waals surface area contributed by atoms with Gasteiger partial charge in [-0.1, -0.05) is 18.2 Å². The van der Waals surface area contributed by atoms with E-state index in [4.69, 9.17) is 0 Å². The fraction of sp³-hybridized carbons (Fsp3) is 0.136. The van der Waals surface area contributed by atoms with Gasteiger partial charge in [-0.2, -0.15) is 13.2 Å². The first-order chi connectivity index (χ1) is 17.2. The fourth-order valence-electron chi connectivity index (χ4n) is 2.89. The number of rotatable bonds is 3. The number of phenolic OH excluding ortho intramolecular Hbond substituents is 1. The van der Waals surface area contributed by atoms with E-state index in [0.29, 0.717) is 16.9 Å². The molecular formula is C22H13Br2CuF6N3O3S. The third-order valence-corrected chi connectivity index (χ3v) is 6.53. The minimum absolute atomic E-state index is 0. The Morgan fingerprint density at radius 2 is 1.66 bits per heavy atom. The van der Waals surface area contributed by atoms with Crippen LogP contribution in [0.3, 0.4) is 0 Å². The molecule has 0 aliphatic heterocycles. The Balaban J connectivity index is 0.000000350. The largest absolute Gasteiger partial charge is 0.573 e. The van der Waals surface area contributed by atoms with Crippen molar-refractivity contribution in [1.29, 1.82) is 0 Å². The molecule has 0 aliphatic rings. The molecule has 4 rings (SSSR count). The van der Waals surface area contributed by atoms with Crippen molar-refractivity contribution in [2.24, 2.45) is 0 Å². The number of fused-ring (bicyclic) bond motifs is 1. The first-order valence-electron chi connectivity index (χ1n) is 9.79. The van der Waals surface area contributed by atoms with Gasteiger partial charge in [-0.05, 0) is 63.0 Å². The second-order valence-corrected chi connectivity index (χ2v) is 9.94. The molecule has 0 aliphatic carbocycles. The van der Waals surface area contributed by atoms with Gasteiger partial charge in [0, 0.05) is 37.6 Å². The van der Waals surface area contributed by atoms with Gasteiger partial charge in [-0.3, -0.25) is 9.78 Å². The zero-order valence-electron chi connectivity index (χ0n) is 18.5. The van der Waals surface area contributed by atoms with Crippen LogP contribution >= 0.6 is 43.2 Å². The Bertz CT molecular complexity index is 1420. The van der Waals surface area contributed by atoms with Crippen LogP contribution in [0.5, 0.6) is 11.5 Å². The molecule has 4 aromatic rings. The first-order valence-corrected chi connectivity index (χ1v) is 12.2. The zero-order chi connectivity index (χ0) is 27.5. The van der Waals surface area contributed by atoms with E-state index in [1.807, 2.05) is 18.2 Å². The number of carbonyl (C=O) groups is 1. The Kier molecular flexibility index (Phi) is 10.6. The van der Waals surface area contributed by atoms with E-state index in [0.717, 1.165) is 17.5 Å². The number of ether oxygens (including phenoxy) is 1. The van der Waals surface area contributed by atoms with Gasteiger partial charge in [-0.25, -0.2) is 4.98 Å². The van der Waals surface area contributed by atoms with Crippen molar-refractivity contribution in [2.75, 3.05) is 5.32 Å². The first kappa shape index (κ1) is 31.8. The number of aryl methyl sites for hydroxylation is 1. The topological polar surface area (TPSA) is 84.3 Å². The van der Waals surface area contributed by atoms with Crippen LogP contribution in [0.15, 0.2) is 57.6 Å². The number of carbonyl (C=O) groups excluding carboxylic acids is 1. The van der Waals surface area contributed by atoms with Crippen LogP contribution < -0.4 is 10.1 Å². The van der Waals surface area contributed by atoms with Gasteiger partial charge in [0.15, 0.2) is 5.69 Å². The van der Waals surface area contributed by atoms with Crippen molar-refractivity contribution >= 4 is 65.7 Å². The van der Waals surface area contributed by atoms with E-state index in [-0.39, 0.29) is 42.5 Å². The molecule has 0 bridgehead atoms. The van der Waals surface area contributed by atoms with Gasteiger partial charge in [0.1, 0.15) is 21.9 Å². The van der Waals surface area contributed by atoms with E-state index in [1.54, 1.807) is 18.3 Å². The van der Waals surface area contributed by atoms with E-state index >= 15 is 0 Å². The summed E-state index contributed by atoms with van der Waals surface area (Å²) in [6, 6.07) is 11.0. The molecule has 207 valence electrons. The Morgan fingerprint density at radius 1 is 1.05 bits per heavy atom. The van der Waals surface area contributed by atoms with Crippen molar-refractivity contribution in [3.05, 3.63) is 73.2 Å². The van der Waals surface area contributed by atoms with Crippen LogP contribution in [0, 0.1) is 6.92 Å². The summed E-state index contributed by atoms with van der Waals surface area (Å²) in [4.78, 5) is 18.9. The minimum Gasteiger partial charge on any atom is -0.506 e. The van der Waals surface area contributed by atoms with Gasteiger partial charge in [-0.15, -0.1) is 24.5 Å². The second kappa shape index (κ2) is 12.6. The normalized spacial score (nSPS) is 11.3. The molecule has 2 aromatic carbocycles. The van der Waals surface area contributed by atoms with E-state index in [2.05, 4.69) is 51.9 Å². The molecule has 0 unspecified atom stereocenters. The van der Waals surface area contributed by atoms with Crippen molar-refractivity contribution < 1.29 is 58.0 Å². The molecule has 0 spiro atoms. The molecule has 1 amide bonds. The molecule has 38 heavy (non-hydrogen) atoms. The van der Waals surface area contributed by atoms with Crippen LogP contribution in [-0.2, 0) is 23.2 Å². The summed E-state index contributed by atoms with van der Waals surface area (Å²) in [6.07, 6.45) is -8.08. The number of alkyl halides is 6. The van der Waals surface area contributed by atoms with E-state index in [1.165, 1.54) is 6.92 Å². The Morgan fingerprint density at radius 3 is 2.21 bits per heavy atom. The maximum atomic E-state index is 13.0. The predicted molar refractivity (Wildman–Crippen MR) is 132 cm³/mol. The van der Waals surface area contributed by atoms with Crippen LogP contribution in [0.25, 0.3) is 10.9 Å². The van der Waals surface area contributed by atoms with Crippen LogP contribution in [0.2, 0.25) is 0 Å². The van der Waals surface area contributed by atoms with Gasteiger partial charge in [0.05, 0.1) is 10.7 Å². The number of benzene rings is 2. The summed E-state index contributed by atoms with van der Waals surface area (Å²) < 4.78 is 79.3. The number of hydrogen-bond donors (Lipinski definition) is 2. The summed E-state index contributed by atoms with van der Waals surface area (Å²) >= 11 is 6.43. The van der Waals surface area contributed by atoms with Gasteiger partial charge >= 0.3 is 12.5 Å². The van der Waals surface area contributed by atoms with Gasteiger partial charge in [0.2, 0.25) is 0 Å². The third kappa shape index (κ3) is 8.30. The Hall–Kier alpha value is -2.39. The summed E-state index contributed by atoms with van der Waals surface area (Å²) in [7, 11) is 0. The van der Waals surface area contributed by atoms with Crippen molar-refractivity contribution in [1.82, 2.24) is 9.97 Å². The maximum absolute atomic E-state index is 13.0. The number of aromatic hydroxyl groups is 1. The van der Waals surface area contributed by atoms with Crippen molar-refractivity contribution in [3.63, 3.8) is 0 Å². The summed E-state index contributed by atoms with van der Waals surface area (Å²) in [6.45, 7) is 1.31. The van der Waals surface area contributed by atoms with Crippen molar-refractivity contribution in [3.8, 4) is 11.5 Å². The molecule has 0 fully saturated rings. The number of halogens is 8. The monoisotopic (exact) mass is 734 g/mol. The number of nitrogens with zero attached hydrogens (tertiary/aromatic N) is 2. The number of anilines is 1. The number of nitrogens with one attached hydrogen (secondary N) is 1. The number of para-hydroxylation sites is 1. The quantitative estimate of drug-likeness (QED) is 0.164. The molecule has 2 N–H and O–H groups in total. The SMILES string of the molecule is Cc1nc(C(F)(F)F)c(C(=O)Nc2c(Br)cc(OC(F)(F)F)cc2Br)s1.Oc1cccc2cccnc12.[Cu].